The van der Waals surface area contributed by atoms with Gasteiger partial charge < -0.3 is 5.32 Å². The number of anilines is 1. The molecule has 2 aromatic carbocycles. The number of carbonyl (C=O) groups is 1. The second-order valence-corrected chi connectivity index (χ2v) is 9.62. The van der Waals surface area contributed by atoms with Crippen molar-refractivity contribution < 1.29 is 9.18 Å². The van der Waals surface area contributed by atoms with Crippen molar-refractivity contribution >= 4 is 78.7 Å². The van der Waals surface area contributed by atoms with Crippen molar-refractivity contribution in [2.24, 2.45) is 0 Å². The van der Waals surface area contributed by atoms with Crippen LogP contribution in [-0.4, -0.2) is 25.7 Å². The second kappa shape index (κ2) is 9.10. The number of H-pyrrole nitrogens is 1. The third-order valence-corrected chi connectivity index (χ3v) is 8.42. The predicted octanol–water partition coefficient (Wildman–Crippen LogP) is 6.97. The van der Waals surface area contributed by atoms with Crippen LogP contribution in [0.3, 0.4) is 0 Å². The largest absolute Gasteiger partial charge is 0.321 e. The highest BCUT2D eigenvalue weighted by Crippen LogP contribution is 2.41. The molecule has 3 aromatic heterocycles. The van der Waals surface area contributed by atoms with E-state index in [1.54, 1.807) is 22.4 Å². The maximum Gasteiger partial charge on any atom is 0.262 e. The molecule has 0 atom stereocenters. The molecule has 5 aromatic rings. The SMILES string of the molecule is Cc1ccc2[nH]ncc2c1-c1c(C)n(-c2ccc(NC(=O)/C(I)=C\I)cc2F)c2ncccc12. The molecular formula is C25H18FI2N5O. The van der Waals surface area contributed by atoms with Crippen LogP contribution in [0.1, 0.15) is 11.3 Å². The van der Waals surface area contributed by atoms with Gasteiger partial charge in [-0.25, -0.2) is 9.37 Å². The minimum absolute atomic E-state index is 0.280. The number of nitrogens with zero attached hydrogens (tertiary/aromatic N) is 3. The number of aryl methyl sites for hydroxylation is 1. The molecule has 0 aliphatic carbocycles. The third kappa shape index (κ3) is 3.80. The summed E-state index contributed by atoms with van der Waals surface area (Å²) in [7, 11) is 0. The van der Waals surface area contributed by atoms with Gasteiger partial charge in [-0.3, -0.25) is 14.5 Å². The fourth-order valence-electron chi connectivity index (χ4n) is 4.31. The summed E-state index contributed by atoms with van der Waals surface area (Å²) in [6.07, 6.45) is 3.53. The smallest absolute Gasteiger partial charge is 0.262 e. The van der Waals surface area contributed by atoms with Gasteiger partial charge >= 0.3 is 0 Å². The number of hydrogen-bond donors (Lipinski definition) is 2. The number of pyridine rings is 1. The van der Waals surface area contributed by atoms with Crippen LogP contribution in [0.5, 0.6) is 0 Å². The summed E-state index contributed by atoms with van der Waals surface area (Å²) < 4.78 is 19.5. The number of carbonyl (C=O) groups excluding carboxylic acids is 1. The molecule has 5 rings (SSSR count). The van der Waals surface area contributed by atoms with Crippen molar-refractivity contribution in [2.75, 3.05) is 5.32 Å². The molecule has 34 heavy (non-hydrogen) atoms. The van der Waals surface area contributed by atoms with Gasteiger partial charge in [0.05, 0.1) is 21.0 Å². The number of rotatable bonds is 4. The second-order valence-electron chi connectivity index (χ2n) is 7.84. The van der Waals surface area contributed by atoms with Gasteiger partial charge in [-0.2, -0.15) is 5.10 Å². The Morgan fingerprint density at radius 2 is 1.97 bits per heavy atom. The number of aromatic nitrogens is 4. The van der Waals surface area contributed by atoms with E-state index in [2.05, 4.69) is 33.5 Å². The summed E-state index contributed by atoms with van der Waals surface area (Å²) in [4.78, 5) is 16.8. The highest BCUT2D eigenvalue weighted by Gasteiger charge is 2.22. The van der Waals surface area contributed by atoms with Gasteiger partial charge in [0.15, 0.2) is 0 Å². The minimum atomic E-state index is -0.457. The van der Waals surface area contributed by atoms with Crippen molar-refractivity contribution in [3.05, 3.63) is 79.6 Å². The number of hydrogen-bond acceptors (Lipinski definition) is 3. The zero-order valence-corrected chi connectivity index (χ0v) is 22.5. The van der Waals surface area contributed by atoms with E-state index >= 15 is 4.39 Å². The molecule has 170 valence electrons. The fourth-order valence-corrected chi connectivity index (χ4v) is 4.73. The number of benzene rings is 2. The summed E-state index contributed by atoms with van der Waals surface area (Å²) in [5.41, 5.74) is 6.34. The summed E-state index contributed by atoms with van der Waals surface area (Å²) in [5, 5.41) is 11.9. The molecule has 6 nitrogen and oxygen atoms in total. The van der Waals surface area contributed by atoms with E-state index in [1.165, 1.54) is 6.07 Å². The Hall–Kier alpha value is -2.80. The monoisotopic (exact) mass is 677 g/mol. The van der Waals surface area contributed by atoms with Gasteiger partial charge in [0, 0.05) is 33.9 Å². The number of aromatic amines is 1. The average Bonchev–Trinajstić information content (AvgIpc) is 3.41. The molecule has 0 aliphatic rings. The van der Waals surface area contributed by atoms with Crippen LogP contribution in [0.2, 0.25) is 0 Å². The van der Waals surface area contributed by atoms with Crippen molar-refractivity contribution in [1.29, 1.82) is 0 Å². The lowest BCUT2D eigenvalue weighted by Crippen LogP contribution is -2.11. The molecule has 0 unspecified atom stereocenters. The van der Waals surface area contributed by atoms with E-state index in [-0.39, 0.29) is 5.91 Å². The van der Waals surface area contributed by atoms with Crippen molar-refractivity contribution in [2.45, 2.75) is 13.8 Å². The van der Waals surface area contributed by atoms with Crippen LogP contribution in [0.25, 0.3) is 38.8 Å². The summed E-state index contributed by atoms with van der Waals surface area (Å²) in [6, 6.07) is 12.7. The van der Waals surface area contributed by atoms with Crippen LogP contribution in [0, 0.1) is 19.7 Å². The van der Waals surface area contributed by atoms with Crippen molar-refractivity contribution in [3.8, 4) is 16.8 Å². The zero-order valence-electron chi connectivity index (χ0n) is 18.2. The Bertz CT molecular complexity index is 1620. The first-order valence-corrected chi connectivity index (χ1v) is 12.7. The number of amides is 1. The predicted molar refractivity (Wildman–Crippen MR) is 150 cm³/mol. The van der Waals surface area contributed by atoms with Gasteiger partial charge in [-0.05, 0) is 88.0 Å². The van der Waals surface area contributed by atoms with E-state index in [0.29, 0.717) is 20.6 Å². The average molecular weight is 677 g/mol. The van der Waals surface area contributed by atoms with E-state index in [9.17, 15) is 4.79 Å². The van der Waals surface area contributed by atoms with E-state index in [0.717, 1.165) is 38.7 Å². The van der Waals surface area contributed by atoms with Crippen LogP contribution in [0.15, 0.2) is 62.5 Å². The molecule has 9 heteroatoms. The van der Waals surface area contributed by atoms with E-state index in [1.807, 2.05) is 81.1 Å². The number of nitrogens with one attached hydrogen (secondary N) is 2. The Balaban J connectivity index is 1.71. The number of halogens is 3. The van der Waals surface area contributed by atoms with E-state index < -0.39 is 5.82 Å². The van der Waals surface area contributed by atoms with Gasteiger partial charge in [0.1, 0.15) is 11.5 Å². The van der Waals surface area contributed by atoms with Crippen LogP contribution >= 0.6 is 45.2 Å². The first kappa shape index (κ1) is 23.0. The molecule has 0 saturated carbocycles. The highest BCUT2D eigenvalue weighted by atomic mass is 127. The van der Waals surface area contributed by atoms with Gasteiger partial charge in [-0.15, -0.1) is 0 Å². The molecule has 0 aliphatic heterocycles. The first-order valence-electron chi connectivity index (χ1n) is 10.4. The van der Waals surface area contributed by atoms with Crippen LogP contribution < -0.4 is 5.32 Å². The molecule has 0 spiro atoms. The molecule has 0 saturated heterocycles. The third-order valence-electron chi connectivity index (χ3n) is 5.81. The lowest BCUT2D eigenvalue weighted by atomic mass is 9.95. The van der Waals surface area contributed by atoms with Crippen LogP contribution in [0.4, 0.5) is 10.1 Å². The van der Waals surface area contributed by atoms with Crippen molar-refractivity contribution in [1.82, 2.24) is 19.7 Å². The lowest BCUT2D eigenvalue weighted by molar-refractivity contribution is -0.112. The van der Waals surface area contributed by atoms with E-state index in [4.69, 9.17) is 0 Å². The van der Waals surface area contributed by atoms with Gasteiger partial charge in [-0.1, -0.05) is 28.7 Å². The first-order chi connectivity index (χ1) is 16.4. The minimum Gasteiger partial charge on any atom is -0.321 e. The topological polar surface area (TPSA) is 75.6 Å². The summed E-state index contributed by atoms with van der Waals surface area (Å²) >= 11 is 3.94. The maximum absolute atomic E-state index is 15.4. The Labute approximate surface area is 221 Å². The molecule has 0 radical (unpaired) electrons. The van der Waals surface area contributed by atoms with Gasteiger partial charge in [0.2, 0.25) is 0 Å². The van der Waals surface area contributed by atoms with Crippen molar-refractivity contribution in [3.63, 3.8) is 0 Å². The molecular weight excluding hydrogens is 659 g/mol. The summed E-state index contributed by atoms with van der Waals surface area (Å²) in [5.74, 6) is -0.737. The fraction of sp³-hybridized carbons (Fsp3) is 0.0800. The Kier molecular flexibility index (Phi) is 6.15. The quantitative estimate of drug-likeness (QED) is 0.159. The van der Waals surface area contributed by atoms with Gasteiger partial charge in [0.25, 0.3) is 5.91 Å². The molecule has 0 bridgehead atoms. The Morgan fingerprint density at radius 1 is 1.15 bits per heavy atom. The summed E-state index contributed by atoms with van der Waals surface area (Å²) in [6.45, 7) is 4.03. The zero-order chi connectivity index (χ0) is 24.0. The molecule has 2 N–H and O–H groups in total. The standard InChI is InChI=1S/C25H18FI2N5O/c1-13-5-7-20-17(12-30-32-20)22(13)23-14(2)33(24-16(23)4-3-9-29-24)21-8-6-15(10-18(21)26)31-25(34)19(28)11-27/h3-12H,1-2H3,(H,30,32)(H,31,34)/b19-11+. The highest BCUT2D eigenvalue weighted by molar-refractivity contribution is 14.1. The Morgan fingerprint density at radius 3 is 2.74 bits per heavy atom. The normalized spacial score (nSPS) is 12.0. The molecule has 1 amide bonds. The molecule has 0 fully saturated rings. The maximum atomic E-state index is 15.4. The molecule has 3 heterocycles. The lowest BCUT2D eigenvalue weighted by Gasteiger charge is -2.12. The number of fused-ring (bicyclic) bond motifs is 2. The van der Waals surface area contributed by atoms with Crippen LogP contribution in [-0.2, 0) is 4.79 Å².